The first-order valence-electron chi connectivity index (χ1n) is 6.85. The Bertz CT molecular complexity index is 1090. The molecule has 0 saturated carbocycles. The molecule has 3 aromatic carbocycles. The summed E-state index contributed by atoms with van der Waals surface area (Å²) in [5.74, 6) is 0. The minimum Gasteiger partial charge on any atom is -0.282 e. The topological polar surface area (TPSA) is 107 Å². The number of hydrogen-bond acceptors (Lipinski definition) is 5. The van der Waals surface area contributed by atoms with E-state index in [1.165, 1.54) is 24.3 Å². The Morgan fingerprint density at radius 2 is 1.67 bits per heavy atom. The first-order chi connectivity index (χ1) is 11.5. The average molecular weight is 339 g/mol. The van der Waals surface area contributed by atoms with Gasteiger partial charge in [0.1, 0.15) is 0 Å². The van der Waals surface area contributed by atoms with Crippen LogP contribution in [0.15, 0.2) is 75.8 Å². The van der Waals surface area contributed by atoms with Gasteiger partial charge in [0.05, 0.1) is 21.7 Å². The Balaban J connectivity index is 2.17. The fourth-order valence-electron chi connectivity index (χ4n) is 2.24. The maximum Gasteiger partial charge on any atom is 0.392 e. The van der Waals surface area contributed by atoms with E-state index in [0.29, 0.717) is 22.1 Å². The first kappa shape index (κ1) is 15.7. The summed E-state index contributed by atoms with van der Waals surface area (Å²) in [5, 5.41) is 18.2. The molecule has 0 aliphatic rings. The molecule has 0 saturated heterocycles. The fraction of sp³-hybridized carbons (Fsp3) is 0. The van der Waals surface area contributed by atoms with Crippen molar-refractivity contribution in [2.75, 3.05) is 0 Å². The molecule has 0 aromatic heterocycles. The molecule has 3 rings (SSSR count). The smallest absolute Gasteiger partial charge is 0.282 e. The molecule has 0 heterocycles. The van der Waals surface area contributed by atoms with Crippen LogP contribution in [0, 0.1) is 5.39 Å². The van der Waals surface area contributed by atoms with Crippen molar-refractivity contribution < 1.29 is 13.0 Å². The van der Waals surface area contributed by atoms with E-state index in [4.69, 9.17) is 5.39 Å². The number of rotatable bonds is 3. The van der Waals surface area contributed by atoms with Crippen molar-refractivity contribution in [1.82, 2.24) is 0 Å². The van der Waals surface area contributed by atoms with Crippen LogP contribution in [0.5, 0.6) is 0 Å². The lowest BCUT2D eigenvalue weighted by atomic mass is 10.1. The fourth-order valence-corrected chi connectivity index (χ4v) is 2.74. The van der Waals surface area contributed by atoms with Crippen molar-refractivity contribution in [2.45, 2.75) is 4.90 Å². The summed E-state index contributed by atoms with van der Waals surface area (Å²) in [6.45, 7) is 0. The summed E-state index contributed by atoms with van der Waals surface area (Å²) >= 11 is 0. The Hall–Kier alpha value is -3.15. The van der Waals surface area contributed by atoms with Crippen molar-refractivity contribution in [3.05, 3.63) is 65.6 Å². The molecule has 7 nitrogen and oxygen atoms in total. The predicted octanol–water partition coefficient (Wildman–Crippen LogP) is 4.99. The monoisotopic (exact) mass is 339 g/mol. The van der Waals surface area contributed by atoms with Crippen LogP contribution in [0.25, 0.3) is 15.7 Å². The van der Waals surface area contributed by atoms with Gasteiger partial charge >= 0.3 is 5.69 Å². The highest BCUT2D eigenvalue weighted by Gasteiger charge is 2.18. The van der Waals surface area contributed by atoms with E-state index < -0.39 is 10.1 Å². The molecule has 0 amide bonds. The van der Waals surface area contributed by atoms with E-state index in [1.807, 2.05) is 18.2 Å². The molecule has 0 fully saturated rings. The SMILES string of the molecule is N#[N+]c1ccc(N=Nc2ccccc2)c2ccc(S(=O)(=O)O)cc12. The minimum atomic E-state index is -4.36. The van der Waals surface area contributed by atoms with Crippen LogP contribution in [0.4, 0.5) is 17.1 Å². The van der Waals surface area contributed by atoms with Gasteiger partial charge in [0.15, 0.2) is 4.98 Å². The molecule has 24 heavy (non-hydrogen) atoms. The van der Waals surface area contributed by atoms with Gasteiger partial charge in [-0.25, -0.2) is 0 Å². The number of nitrogens with zero attached hydrogens (tertiary/aromatic N) is 4. The molecule has 0 radical (unpaired) electrons. The molecule has 0 aliphatic heterocycles. The number of benzene rings is 3. The average Bonchev–Trinajstić information content (AvgIpc) is 2.59. The number of fused-ring (bicyclic) bond motifs is 1. The van der Waals surface area contributed by atoms with Gasteiger partial charge in [-0.2, -0.15) is 13.5 Å². The summed E-state index contributed by atoms with van der Waals surface area (Å²) in [6.07, 6.45) is 0. The van der Waals surface area contributed by atoms with Crippen molar-refractivity contribution in [2.24, 2.45) is 10.2 Å². The molecular formula is C16H11N4O3S+. The van der Waals surface area contributed by atoms with Crippen LogP contribution in [-0.2, 0) is 10.1 Å². The highest BCUT2D eigenvalue weighted by molar-refractivity contribution is 7.85. The van der Waals surface area contributed by atoms with E-state index >= 15 is 0 Å². The van der Waals surface area contributed by atoms with Crippen LogP contribution < -0.4 is 0 Å². The quantitative estimate of drug-likeness (QED) is 0.412. The van der Waals surface area contributed by atoms with Gasteiger partial charge in [0.2, 0.25) is 5.39 Å². The van der Waals surface area contributed by atoms with Crippen LogP contribution in [-0.4, -0.2) is 13.0 Å². The van der Waals surface area contributed by atoms with Crippen molar-refractivity contribution in [3.63, 3.8) is 0 Å². The van der Waals surface area contributed by atoms with Gasteiger partial charge in [-0.05, 0) is 30.3 Å². The van der Waals surface area contributed by atoms with E-state index in [9.17, 15) is 13.0 Å². The Labute approximate surface area is 137 Å². The van der Waals surface area contributed by atoms with Gasteiger partial charge in [0, 0.05) is 11.5 Å². The molecular weight excluding hydrogens is 328 g/mol. The molecule has 3 aromatic rings. The summed E-state index contributed by atoms with van der Waals surface area (Å²) in [7, 11) is -4.36. The Kier molecular flexibility index (Phi) is 4.04. The van der Waals surface area contributed by atoms with Crippen molar-refractivity contribution in [3.8, 4) is 0 Å². The molecule has 0 bridgehead atoms. The van der Waals surface area contributed by atoms with Crippen LogP contribution >= 0.6 is 0 Å². The zero-order valence-electron chi connectivity index (χ0n) is 12.2. The second-order valence-electron chi connectivity index (χ2n) is 4.92. The largest absolute Gasteiger partial charge is 0.392 e. The molecule has 0 unspecified atom stereocenters. The number of azo groups is 1. The van der Waals surface area contributed by atoms with Crippen molar-refractivity contribution >= 4 is 38.0 Å². The van der Waals surface area contributed by atoms with Gasteiger partial charge < -0.3 is 0 Å². The first-order valence-corrected chi connectivity index (χ1v) is 8.29. The van der Waals surface area contributed by atoms with E-state index in [2.05, 4.69) is 15.2 Å². The van der Waals surface area contributed by atoms with Crippen molar-refractivity contribution in [1.29, 1.82) is 5.39 Å². The van der Waals surface area contributed by atoms with E-state index in [1.54, 1.807) is 18.2 Å². The third kappa shape index (κ3) is 3.12. The maximum atomic E-state index is 11.3. The Morgan fingerprint density at radius 3 is 2.33 bits per heavy atom. The standard InChI is InChI=1S/C16H10N4O3S/c17-18-15-8-9-16(20-19-11-4-2-1-3-5-11)13-7-6-12(10-14(13)15)24(21,22)23/h1-10H/p+1. The number of diazo groups is 1. The molecule has 118 valence electrons. The lowest BCUT2D eigenvalue weighted by molar-refractivity contribution is 0.483. The highest BCUT2D eigenvalue weighted by atomic mass is 32.2. The second kappa shape index (κ2) is 6.16. The zero-order valence-corrected chi connectivity index (χ0v) is 13.1. The van der Waals surface area contributed by atoms with Crippen LogP contribution in [0.1, 0.15) is 0 Å². The second-order valence-corrected chi connectivity index (χ2v) is 6.34. The summed E-state index contributed by atoms with van der Waals surface area (Å²) in [6, 6.07) is 16.2. The molecule has 0 spiro atoms. The predicted molar refractivity (Wildman–Crippen MR) is 89.1 cm³/mol. The third-order valence-corrected chi connectivity index (χ3v) is 4.23. The van der Waals surface area contributed by atoms with Gasteiger partial charge in [-0.15, -0.1) is 5.11 Å². The lowest BCUT2D eigenvalue weighted by Crippen LogP contribution is -1.97. The van der Waals surface area contributed by atoms with E-state index in [0.717, 1.165) is 0 Å². The summed E-state index contributed by atoms with van der Waals surface area (Å²) < 4.78 is 31.8. The molecule has 1 N–H and O–H groups in total. The van der Waals surface area contributed by atoms with Crippen LogP contribution in [0.3, 0.4) is 0 Å². The third-order valence-electron chi connectivity index (χ3n) is 3.38. The zero-order chi connectivity index (χ0) is 17.2. The molecule has 0 aliphatic carbocycles. The minimum absolute atomic E-state index is 0.161. The molecule has 0 atom stereocenters. The van der Waals surface area contributed by atoms with Gasteiger partial charge in [-0.1, -0.05) is 24.3 Å². The lowest BCUT2D eigenvalue weighted by Gasteiger charge is -2.02. The van der Waals surface area contributed by atoms with Crippen LogP contribution in [0.2, 0.25) is 0 Å². The summed E-state index contributed by atoms with van der Waals surface area (Å²) in [5.41, 5.74) is 1.30. The maximum absolute atomic E-state index is 11.3. The summed E-state index contributed by atoms with van der Waals surface area (Å²) in [4.78, 5) is 2.84. The number of hydrogen-bond donors (Lipinski definition) is 1. The molecule has 8 heteroatoms. The van der Waals surface area contributed by atoms with E-state index in [-0.39, 0.29) is 10.6 Å². The normalized spacial score (nSPS) is 11.7. The highest BCUT2D eigenvalue weighted by Crippen LogP contribution is 2.35. The van der Waals surface area contributed by atoms with Gasteiger partial charge in [-0.3, -0.25) is 4.55 Å². The van der Waals surface area contributed by atoms with Gasteiger partial charge in [0.25, 0.3) is 10.1 Å². The Morgan fingerprint density at radius 1 is 0.917 bits per heavy atom.